The SMILES string of the molecule is O=C(CCc1ccc(Cc2nnn[nH]2)cc1)c1cccc(OCc2ccc3ccccc3n2)c1. The molecule has 3 aromatic carbocycles. The molecule has 0 aliphatic rings. The topological polar surface area (TPSA) is 93.7 Å². The van der Waals surface area contributed by atoms with Crippen LogP contribution in [0.25, 0.3) is 10.9 Å². The summed E-state index contributed by atoms with van der Waals surface area (Å²) in [4.78, 5) is 17.4. The van der Waals surface area contributed by atoms with E-state index in [1.54, 1.807) is 6.07 Å². The summed E-state index contributed by atoms with van der Waals surface area (Å²) in [5.74, 6) is 1.47. The van der Waals surface area contributed by atoms with Crippen molar-refractivity contribution in [1.29, 1.82) is 0 Å². The lowest BCUT2D eigenvalue weighted by molar-refractivity contribution is 0.0982. The van der Waals surface area contributed by atoms with E-state index >= 15 is 0 Å². The van der Waals surface area contributed by atoms with Gasteiger partial charge < -0.3 is 4.74 Å². The number of aromatic amines is 1. The second-order valence-electron chi connectivity index (χ2n) is 8.08. The van der Waals surface area contributed by atoms with Gasteiger partial charge in [-0.05, 0) is 52.2 Å². The van der Waals surface area contributed by atoms with Crippen LogP contribution in [-0.2, 0) is 19.4 Å². The number of fused-ring (bicyclic) bond motifs is 1. The molecular weight excluding hydrogens is 426 g/mol. The first kappa shape index (κ1) is 21.5. The number of rotatable bonds is 9. The van der Waals surface area contributed by atoms with Crippen molar-refractivity contribution in [3.8, 4) is 5.75 Å². The Kier molecular flexibility index (Phi) is 6.34. The Labute approximate surface area is 196 Å². The third-order valence-electron chi connectivity index (χ3n) is 5.62. The predicted molar refractivity (Wildman–Crippen MR) is 129 cm³/mol. The Morgan fingerprint density at radius 2 is 1.74 bits per heavy atom. The van der Waals surface area contributed by atoms with Gasteiger partial charge in [-0.15, -0.1) is 5.10 Å². The minimum absolute atomic E-state index is 0.0890. The van der Waals surface area contributed by atoms with Gasteiger partial charge in [0.15, 0.2) is 11.6 Å². The van der Waals surface area contributed by atoms with Crippen molar-refractivity contribution in [3.63, 3.8) is 0 Å². The van der Waals surface area contributed by atoms with Gasteiger partial charge in [0, 0.05) is 23.8 Å². The summed E-state index contributed by atoms with van der Waals surface area (Å²) >= 11 is 0. The summed E-state index contributed by atoms with van der Waals surface area (Å²) in [7, 11) is 0. The summed E-state index contributed by atoms with van der Waals surface area (Å²) < 4.78 is 5.92. The van der Waals surface area contributed by atoms with E-state index in [0.717, 1.165) is 33.5 Å². The second-order valence-corrected chi connectivity index (χ2v) is 8.08. The average Bonchev–Trinajstić information content (AvgIpc) is 3.40. The molecule has 0 spiro atoms. The Balaban J connectivity index is 1.16. The molecule has 0 bridgehead atoms. The maximum atomic E-state index is 12.8. The van der Waals surface area contributed by atoms with Crippen molar-refractivity contribution in [2.75, 3.05) is 0 Å². The fraction of sp³-hybridized carbons (Fsp3) is 0.148. The maximum Gasteiger partial charge on any atom is 0.163 e. The zero-order valence-corrected chi connectivity index (χ0v) is 18.5. The van der Waals surface area contributed by atoms with Crippen LogP contribution in [0.15, 0.2) is 84.9 Å². The van der Waals surface area contributed by atoms with Crippen molar-refractivity contribution >= 4 is 16.7 Å². The molecule has 0 saturated heterocycles. The molecule has 34 heavy (non-hydrogen) atoms. The number of hydrogen-bond acceptors (Lipinski definition) is 6. The number of hydrogen-bond donors (Lipinski definition) is 1. The number of benzene rings is 3. The average molecular weight is 450 g/mol. The van der Waals surface area contributed by atoms with Gasteiger partial charge in [-0.25, -0.2) is 10.1 Å². The third kappa shape index (κ3) is 5.32. The van der Waals surface area contributed by atoms with Gasteiger partial charge in [0.05, 0.1) is 11.2 Å². The standard InChI is InChI=1S/C27H23N5O2/c33-26(15-12-19-8-10-20(11-9-19)16-27-29-31-32-30-27)22-5-3-6-24(17-22)34-18-23-14-13-21-4-1-2-7-25(21)28-23/h1-11,13-14,17H,12,15-16,18H2,(H,29,30,31,32). The highest BCUT2D eigenvalue weighted by Crippen LogP contribution is 2.19. The van der Waals surface area contributed by atoms with E-state index in [-0.39, 0.29) is 5.78 Å². The minimum Gasteiger partial charge on any atom is -0.487 e. The highest BCUT2D eigenvalue weighted by atomic mass is 16.5. The van der Waals surface area contributed by atoms with E-state index in [9.17, 15) is 4.79 Å². The number of pyridine rings is 1. The van der Waals surface area contributed by atoms with Gasteiger partial charge in [0.1, 0.15) is 12.4 Å². The first-order chi connectivity index (χ1) is 16.7. The molecule has 5 aromatic rings. The number of H-pyrrole nitrogens is 1. The molecule has 168 valence electrons. The molecule has 0 unspecified atom stereocenters. The van der Waals surface area contributed by atoms with Gasteiger partial charge in [0.25, 0.3) is 0 Å². The fourth-order valence-corrected chi connectivity index (χ4v) is 3.78. The number of carbonyl (C=O) groups is 1. The molecule has 2 aromatic heterocycles. The normalized spacial score (nSPS) is 10.9. The molecule has 0 fully saturated rings. The number of ketones is 1. The summed E-state index contributed by atoms with van der Waals surface area (Å²) in [6.45, 7) is 0.346. The quantitative estimate of drug-likeness (QED) is 0.327. The second kappa shape index (κ2) is 10.0. The summed E-state index contributed by atoms with van der Waals surface area (Å²) in [6, 6.07) is 27.5. The number of tetrazole rings is 1. The number of para-hydroxylation sites is 1. The zero-order chi connectivity index (χ0) is 23.2. The molecule has 0 radical (unpaired) electrons. The van der Waals surface area contributed by atoms with Crippen molar-refractivity contribution in [2.24, 2.45) is 0 Å². The van der Waals surface area contributed by atoms with E-state index in [0.29, 0.717) is 37.2 Å². The van der Waals surface area contributed by atoms with Crippen LogP contribution in [0.5, 0.6) is 5.75 Å². The molecule has 0 aliphatic carbocycles. The number of nitrogens with zero attached hydrogens (tertiary/aromatic N) is 4. The molecule has 0 aliphatic heterocycles. The molecular formula is C27H23N5O2. The van der Waals surface area contributed by atoms with Crippen molar-refractivity contribution in [2.45, 2.75) is 25.9 Å². The van der Waals surface area contributed by atoms with E-state index in [1.807, 2.05) is 78.9 Å². The summed E-state index contributed by atoms with van der Waals surface area (Å²) in [5, 5.41) is 14.9. The first-order valence-electron chi connectivity index (χ1n) is 11.1. The maximum absolute atomic E-state index is 12.8. The Bertz CT molecular complexity index is 1400. The fourth-order valence-electron chi connectivity index (χ4n) is 3.78. The largest absolute Gasteiger partial charge is 0.487 e. The van der Waals surface area contributed by atoms with Gasteiger partial charge in [-0.2, -0.15) is 0 Å². The molecule has 7 nitrogen and oxygen atoms in total. The number of nitrogens with one attached hydrogen (secondary N) is 1. The van der Waals surface area contributed by atoms with E-state index in [4.69, 9.17) is 4.74 Å². The highest BCUT2D eigenvalue weighted by molar-refractivity contribution is 5.96. The molecule has 1 N–H and O–H groups in total. The van der Waals surface area contributed by atoms with Crippen molar-refractivity contribution in [3.05, 3.63) is 113 Å². The van der Waals surface area contributed by atoms with Crippen LogP contribution in [0.2, 0.25) is 0 Å². The van der Waals surface area contributed by atoms with Gasteiger partial charge in [-0.1, -0.05) is 60.7 Å². The van der Waals surface area contributed by atoms with E-state index in [2.05, 4.69) is 25.6 Å². The summed E-state index contributed by atoms with van der Waals surface area (Å²) in [6.07, 6.45) is 1.75. The third-order valence-corrected chi connectivity index (χ3v) is 5.62. The molecule has 0 atom stereocenters. The van der Waals surface area contributed by atoms with Gasteiger partial charge >= 0.3 is 0 Å². The lowest BCUT2D eigenvalue weighted by atomic mass is 10.0. The predicted octanol–water partition coefficient (Wildman–Crippen LogP) is 4.73. The van der Waals surface area contributed by atoms with E-state index < -0.39 is 0 Å². The van der Waals surface area contributed by atoms with Crippen LogP contribution in [0.4, 0.5) is 0 Å². The Morgan fingerprint density at radius 1 is 0.882 bits per heavy atom. The number of aromatic nitrogens is 5. The van der Waals surface area contributed by atoms with Crippen LogP contribution in [-0.4, -0.2) is 31.4 Å². The lowest BCUT2D eigenvalue weighted by Crippen LogP contribution is -2.03. The molecule has 0 saturated carbocycles. The van der Waals surface area contributed by atoms with Crippen LogP contribution in [0, 0.1) is 0 Å². The monoisotopic (exact) mass is 449 g/mol. The van der Waals surface area contributed by atoms with Crippen LogP contribution < -0.4 is 4.74 Å². The van der Waals surface area contributed by atoms with Crippen LogP contribution in [0.3, 0.4) is 0 Å². The van der Waals surface area contributed by atoms with E-state index in [1.165, 1.54) is 0 Å². The van der Waals surface area contributed by atoms with Crippen LogP contribution >= 0.6 is 0 Å². The lowest BCUT2D eigenvalue weighted by Gasteiger charge is -2.09. The Hall–Kier alpha value is -4.39. The minimum atomic E-state index is 0.0890. The number of Topliss-reactive ketones (excluding diaryl/α,β-unsaturated/α-hetero) is 1. The molecule has 0 amide bonds. The van der Waals surface area contributed by atoms with Crippen molar-refractivity contribution in [1.82, 2.24) is 25.6 Å². The smallest absolute Gasteiger partial charge is 0.163 e. The number of aryl methyl sites for hydroxylation is 1. The van der Waals surface area contributed by atoms with Crippen molar-refractivity contribution < 1.29 is 9.53 Å². The van der Waals surface area contributed by atoms with Crippen LogP contribution in [0.1, 0.15) is 39.4 Å². The molecule has 5 rings (SSSR count). The van der Waals surface area contributed by atoms with Gasteiger partial charge in [-0.3, -0.25) is 4.79 Å². The molecule has 7 heteroatoms. The Morgan fingerprint density at radius 3 is 2.59 bits per heavy atom. The first-order valence-corrected chi connectivity index (χ1v) is 11.1. The summed E-state index contributed by atoms with van der Waals surface area (Å²) in [5.41, 5.74) is 4.66. The number of carbonyl (C=O) groups excluding carboxylic acids is 1. The van der Waals surface area contributed by atoms with Gasteiger partial charge in [0.2, 0.25) is 0 Å². The molecule has 2 heterocycles. The highest BCUT2D eigenvalue weighted by Gasteiger charge is 2.09. The number of ether oxygens (including phenoxy) is 1. The zero-order valence-electron chi connectivity index (χ0n) is 18.5.